The lowest BCUT2D eigenvalue weighted by Crippen LogP contribution is -2.49. The van der Waals surface area contributed by atoms with Crippen molar-refractivity contribution in [1.29, 1.82) is 0 Å². The largest absolute Gasteiger partial charge is 0.505 e. The highest BCUT2D eigenvalue weighted by Gasteiger charge is 2.26. The summed E-state index contributed by atoms with van der Waals surface area (Å²) in [6.07, 6.45) is 0. The first-order chi connectivity index (χ1) is 32.4. The molecule has 1 amide bonds. The third kappa shape index (κ3) is 12.6. The molecule has 0 aliphatic rings. The van der Waals surface area contributed by atoms with Crippen LogP contribution in [-0.4, -0.2) is 108 Å². The van der Waals surface area contributed by atoms with E-state index in [-0.39, 0.29) is 51.6 Å². The zero-order valence-electron chi connectivity index (χ0n) is 34.3. The molecule has 69 heavy (non-hydrogen) atoms. The Labute approximate surface area is 386 Å². The van der Waals surface area contributed by atoms with Crippen LogP contribution in [-0.2, 0) is 35.1 Å². The van der Waals surface area contributed by atoms with Gasteiger partial charge in [-0.05, 0) is 71.2 Å². The van der Waals surface area contributed by atoms with Crippen LogP contribution in [0.3, 0.4) is 0 Å². The summed E-state index contributed by atoms with van der Waals surface area (Å²) in [7, 11) is -15.1. The van der Waals surface area contributed by atoms with Crippen LogP contribution in [0.25, 0.3) is 10.8 Å². The maximum atomic E-state index is 12.7. The number of nitroso groups, excluding NO2 is 1. The molecule has 5 aromatic carbocycles. The Bertz CT molecular complexity index is 3400. The predicted octanol–water partition coefficient (Wildman–Crippen LogP) is 3.56. The fourth-order valence-corrected chi connectivity index (χ4v) is 7.41. The van der Waals surface area contributed by atoms with E-state index in [1.165, 1.54) is 6.07 Å². The lowest BCUT2D eigenvalue weighted by Gasteiger charge is -2.13. The van der Waals surface area contributed by atoms with Gasteiger partial charge in [-0.3, -0.25) is 18.5 Å². The van der Waals surface area contributed by atoms with E-state index in [9.17, 15) is 78.9 Å². The number of carboxylic acid groups (broad SMARTS) is 1. The zero-order valence-corrected chi connectivity index (χ0v) is 36.8. The molecule has 362 valence electrons. The lowest BCUT2D eigenvalue weighted by molar-refractivity contribution is -0.133. The number of nitrogens with zero attached hydrogens (tertiary/aromatic N) is 7. The molecule has 0 bridgehead atoms. The van der Waals surface area contributed by atoms with Gasteiger partial charge >= 0.3 is 11.9 Å². The number of benzene rings is 5. The first-order valence-electron chi connectivity index (χ1n) is 18.5. The Kier molecular flexibility index (Phi) is 15.9. The van der Waals surface area contributed by atoms with Crippen molar-refractivity contribution in [1.82, 2.24) is 0 Å². The third-order valence-electron chi connectivity index (χ3n) is 8.68. The number of primary amides is 1. The standard InChI is InChI=1S/C37H32N10O19S3/c38-31(35(39)51)33(46-41-23-6-3-20(67(56,57)58)14-22(23)37(53)54)36(52)40-18-1-4-21-17(11-18)12-30(69(62,63)64)32(34(21)50)45-44-26-16-27(65-9-7-48)25(15-28(26)66-10-8-49)43-42-24-5-2-19(47-55)13-29(24)68(59,60)61/h1-6,11-16,38,40,48-50,52H,7-10H2,(H2,39,51)(H,53,54)(H,56,57,58)(H,59,60,61)(H,62,63,64)/p+1/b36-33-,38-31?,43-42?,45-44?,46-41?. The Morgan fingerprint density at radius 1 is 0.681 bits per heavy atom. The minimum Gasteiger partial charge on any atom is -0.505 e. The molecule has 0 spiro atoms. The van der Waals surface area contributed by atoms with Gasteiger partial charge in [-0.25, -0.2) is 10.2 Å². The van der Waals surface area contributed by atoms with E-state index in [1.807, 2.05) is 0 Å². The van der Waals surface area contributed by atoms with Gasteiger partial charge in [0.25, 0.3) is 36.1 Å². The number of hydrogen-bond acceptors (Lipinski definition) is 23. The summed E-state index contributed by atoms with van der Waals surface area (Å²) in [5, 5.41) is 84.0. The molecule has 0 saturated carbocycles. The summed E-state index contributed by atoms with van der Waals surface area (Å²) < 4.78 is 113. The number of aliphatic hydroxyl groups is 3. The quantitative estimate of drug-likeness (QED) is 0.0164. The summed E-state index contributed by atoms with van der Waals surface area (Å²) in [5.41, 5.74) is -0.365. The first-order valence-corrected chi connectivity index (χ1v) is 22.8. The number of nitrogens with one attached hydrogen (secondary N) is 1. The monoisotopic (exact) mass is 1020 g/mol. The van der Waals surface area contributed by atoms with Crippen LogP contribution < -0.4 is 25.9 Å². The molecule has 0 saturated heterocycles. The molecule has 0 radical (unpaired) electrons. The second-order valence-corrected chi connectivity index (χ2v) is 17.5. The number of aromatic carboxylic acids is 1. The van der Waals surface area contributed by atoms with Gasteiger partial charge in [0.15, 0.2) is 5.75 Å². The highest BCUT2D eigenvalue weighted by Crippen LogP contribution is 2.45. The first kappa shape index (κ1) is 51.7. The van der Waals surface area contributed by atoms with E-state index >= 15 is 0 Å². The Morgan fingerprint density at radius 3 is 1.80 bits per heavy atom. The van der Waals surface area contributed by atoms with Crippen molar-refractivity contribution >= 4 is 98.5 Å². The number of nitrogens with two attached hydrogens (primary N) is 2. The number of aromatic hydroxyl groups is 1. The van der Waals surface area contributed by atoms with Crippen LogP contribution in [0.2, 0.25) is 0 Å². The van der Waals surface area contributed by atoms with Crippen LogP contribution >= 0.6 is 0 Å². The van der Waals surface area contributed by atoms with Crippen LogP contribution in [0.4, 0.5) is 39.8 Å². The van der Waals surface area contributed by atoms with Gasteiger partial charge < -0.3 is 46.1 Å². The van der Waals surface area contributed by atoms with Gasteiger partial charge in [-0.1, -0.05) is 0 Å². The summed E-state index contributed by atoms with van der Waals surface area (Å²) >= 11 is 0. The van der Waals surface area contributed by atoms with Gasteiger partial charge in [0.05, 0.1) is 23.7 Å². The number of carboxylic acids is 1. The molecule has 0 aliphatic carbocycles. The van der Waals surface area contributed by atoms with Crippen molar-refractivity contribution in [2.24, 2.45) is 41.6 Å². The molecule has 13 N–H and O–H groups in total. The van der Waals surface area contributed by atoms with Crippen molar-refractivity contribution < 1.29 is 88.9 Å². The average molecular weight is 1020 g/mol. The number of amides is 1. The highest BCUT2D eigenvalue weighted by molar-refractivity contribution is 7.86. The van der Waals surface area contributed by atoms with Gasteiger partial charge in [0.2, 0.25) is 11.6 Å². The normalized spacial score (nSPS) is 12.7. The van der Waals surface area contributed by atoms with Crippen LogP contribution in [0.1, 0.15) is 10.4 Å². The van der Waals surface area contributed by atoms with Crippen LogP contribution in [0.15, 0.2) is 135 Å². The Morgan fingerprint density at radius 2 is 1.26 bits per heavy atom. The van der Waals surface area contributed by atoms with E-state index in [0.717, 1.165) is 60.7 Å². The van der Waals surface area contributed by atoms with Gasteiger partial charge in [-0.2, -0.15) is 25.3 Å². The number of azo groups is 3. The number of carbonyl (C=O) groups excluding carboxylic acids is 1. The summed E-state index contributed by atoms with van der Waals surface area (Å²) in [4.78, 5) is 32.1. The number of fused-ring (bicyclic) bond motifs is 1. The van der Waals surface area contributed by atoms with Crippen molar-refractivity contribution in [3.05, 3.63) is 94.8 Å². The third-order valence-corrected chi connectivity index (χ3v) is 11.3. The van der Waals surface area contributed by atoms with Crippen molar-refractivity contribution in [2.45, 2.75) is 14.7 Å². The van der Waals surface area contributed by atoms with E-state index in [2.05, 4.69) is 41.2 Å². The molecule has 29 nitrogen and oxygen atoms in total. The van der Waals surface area contributed by atoms with E-state index < -0.39 is 122 Å². The maximum absolute atomic E-state index is 12.7. The summed E-state index contributed by atoms with van der Waals surface area (Å²) in [6, 6.07) is 11.3. The van der Waals surface area contributed by atoms with Gasteiger partial charge in [0, 0.05) is 23.2 Å². The topological polar surface area (TPSA) is 484 Å². The number of aliphatic hydroxyl groups excluding tert-OH is 3. The molecule has 0 fully saturated rings. The molecule has 5 rings (SSSR count). The number of carbonyl (C=O) groups is 2. The molecular weight excluding hydrogens is 985 g/mol. The average Bonchev–Trinajstić information content (AvgIpc) is 3.28. The molecule has 5 aromatic rings. The number of hydrogen-bond donors (Lipinski definition) is 11. The number of ether oxygens (including phenoxy) is 2. The fraction of sp³-hybridized carbons (Fsp3) is 0.108. The number of phenols is 1. The molecule has 0 heterocycles. The minimum absolute atomic E-state index is 0.161. The van der Waals surface area contributed by atoms with Crippen molar-refractivity contribution in [3.63, 3.8) is 0 Å². The van der Waals surface area contributed by atoms with Gasteiger partial charge in [-0.15, -0.1) is 35.6 Å². The second-order valence-electron chi connectivity index (χ2n) is 13.3. The van der Waals surface area contributed by atoms with E-state index in [1.54, 1.807) is 0 Å². The fourth-order valence-electron chi connectivity index (χ4n) is 5.60. The Balaban J connectivity index is 1.59. The lowest BCUT2D eigenvalue weighted by atomic mass is 10.1. The molecule has 0 atom stereocenters. The predicted molar refractivity (Wildman–Crippen MR) is 234 cm³/mol. The summed E-state index contributed by atoms with van der Waals surface area (Å²) in [5.74, 6) is -5.61. The van der Waals surface area contributed by atoms with Crippen LogP contribution in [0.5, 0.6) is 17.2 Å². The summed E-state index contributed by atoms with van der Waals surface area (Å²) in [6.45, 7) is -1.92. The van der Waals surface area contributed by atoms with E-state index in [0.29, 0.717) is 6.07 Å². The number of rotatable bonds is 21. The molecule has 0 aromatic heterocycles. The van der Waals surface area contributed by atoms with Crippen molar-refractivity contribution in [3.8, 4) is 17.2 Å². The molecular formula is C37H33N10O19S3+. The van der Waals surface area contributed by atoms with Gasteiger partial charge in [0.1, 0.15) is 68.6 Å². The smallest absolute Gasteiger partial charge is 0.338 e. The van der Waals surface area contributed by atoms with Crippen molar-refractivity contribution in [2.75, 3.05) is 31.7 Å². The minimum atomic E-state index is -5.29. The Hall–Kier alpha value is -8.24. The number of phenolic OH excluding ortho intramolecular Hbond substituents is 1. The molecule has 0 aliphatic heterocycles. The highest BCUT2D eigenvalue weighted by atomic mass is 32.2. The SMILES string of the molecule is NC(=O)C(=[NH2+])/C(N=Nc1ccc(S(=O)(=O)O)cc1C(=O)O)=C(/O)Nc1ccc2c(O)c(N=Nc3cc(OCCO)c(N=Nc4ccc(N=O)cc4S(=O)(=O)O)cc3OCCO)c(S(=O)(=O)O)cc2c1. The van der Waals surface area contributed by atoms with E-state index in [4.69, 9.17) is 20.6 Å². The molecule has 0 unspecified atom stereocenters. The number of anilines is 1. The maximum Gasteiger partial charge on any atom is 0.338 e. The second kappa shape index (κ2) is 21.2. The zero-order chi connectivity index (χ0) is 51.0. The van der Waals surface area contributed by atoms with Crippen LogP contribution in [0, 0.1) is 4.91 Å². The molecule has 32 heteroatoms.